The summed E-state index contributed by atoms with van der Waals surface area (Å²) in [5.74, 6) is -0.842. The molecular weight excluding hydrogens is 274 g/mol. The van der Waals surface area contributed by atoms with Crippen LogP contribution in [0.5, 0.6) is 5.75 Å². The smallest absolute Gasteiger partial charge is 0.339 e. The molecule has 1 heterocycles. The van der Waals surface area contributed by atoms with Crippen molar-refractivity contribution in [1.82, 2.24) is 5.32 Å². The van der Waals surface area contributed by atoms with Crippen LogP contribution in [-0.2, 0) is 16.1 Å². The predicted octanol–water partition coefficient (Wildman–Crippen LogP) is 1.58. The normalized spacial score (nSPS) is 17.5. The van der Waals surface area contributed by atoms with Crippen LogP contribution in [0, 0.1) is 0 Å². The monoisotopic (exact) mass is 293 g/mol. The molecule has 1 aromatic carbocycles. The number of ether oxygens (including phenoxy) is 2. The van der Waals surface area contributed by atoms with Gasteiger partial charge in [-0.15, -0.1) is 0 Å². The van der Waals surface area contributed by atoms with Gasteiger partial charge >= 0.3 is 5.97 Å². The van der Waals surface area contributed by atoms with E-state index in [0.29, 0.717) is 17.7 Å². The summed E-state index contributed by atoms with van der Waals surface area (Å²) in [7, 11) is 1.42. The van der Waals surface area contributed by atoms with E-state index in [1.54, 1.807) is 12.1 Å². The molecule has 0 aromatic heterocycles. The average Bonchev–Trinajstić information content (AvgIpc) is 2.97. The fourth-order valence-electron chi connectivity index (χ4n) is 2.32. The van der Waals surface area contributed by atoms with Gasteiger partial charge < -0.3 is 19.9 Å². The fraction of sp³-hybridized carbons (Fsp3) is 0.467. The van der Waals surface area contributed by atoms with Crippen molar-refractivity contribution >= 4 is 11.9 Å². The second-order valence-corrected chi connectivity index (χ2v) is 4.96. The van der Waals surface area contributed by atoms with Gasteiger partial charge in [-0.25, -0.2) is 4.79 Å². The summed E-state index contributed by atoms with van der Waals surface area (Å²) in [5.41, 5.74) is 0.803. The minimum Gasteiger partial charge on any atom is -0.496 e. The number of methoxy groups -OCH3 is 1. The number of amides is 1. The van der Waals surface area contributed by atoms with Gasteiger partial charge in [0, 0.05) is 13.2 Å². The highest BCUT2D eigenvalue weighted by Gasteiger charge is 2.19. The lowest BCUT2D eigenvalue weighted by Crippen LogP contribution is -2.26. The summed E-state index contributed by atoms with van der Waals surface area (Å²) < 4.78 is 10.4. The van der Waals surface area contributed by atoms with Gasteiger partial charge in [0.15, 0.2) is 0 Å². The Kier molecular flexibility index (Phi) is 5.16. The van der Waals surface area contributed by atoms with Crippen molar-refractivity contribution in [2.45, 2.75) is 31.9 Å². The molecule has 6 nitrogen and oxygen atoms in total. The van der Waals surface area contributed by atoms with Gasteiger partial charge in [0.2, 0.25) is 5.91 Å². The molecule has 0 spiro atoms. The molecule has 1 amide bonds. The second kappa shape index (κ2) is 7.08. The highest BCUT2D eigenvalue weighted by Crippen LogP contribution is 2.20. The molecule has 1 aliphatic rings. The van der Waals surface area contributed by atoms with Crippen LogP contribution < -0.4 is 10.1 Å². The van der Waals surface area contributed by atoms with Gasteiger partial charge in [-0.1, -0.05) is 6.07 Å². The van der Waals surface area contributed by atoms with Gasteiger partial charge in [0.05, 0.1) is 19.6 Å². The van der Waals surface area contributed by atoms with E-state index in [1.165, 1.54) is 13.2 Å². The topological polar surface area (TPSA) is 84.9 Å². The molecule has 0 aliphatic carbocycles. The summed E-state index contributed by atoms with van der Waals surface area (Å²) >= 11 is 0. The largest absolute Gasteiger partial charge is 0.496 e. The Hall–Kier alpha value is -2.08. The zero-order chi connectivity index (χ0) is 15.2. The van der Waals surface area contributed by atoms with Crippen molar-refractivity contribution in [2.75, 3.05) is 13.7 Å². The Morgan fingerprint density at radius 3 is 2.90 bits per heavy atom. The fourth-order valence-corrected chi connectivity index (χ4v) is 2.32. The van der Waals surface area contributed by atoms with E-state index in [0.717, 1.165) is 19.4 Å². The Morgan fingerprint density at radius 2 is 2.29 bits per heavy atom. The van der Waals surface area contributed by atoms with Crippen molar-refractivity contribution in [2.24, 2.45) is 0 Å². The molecular formula is C15H19NO5. The number of nitrogens with one attached hydrogen (secondary N) is 1. The predicted molar refractivity (Wildman–Crippen MR) is 75.4 cm³/mol. The molecule has 0 saturated carbocycles. The van der Waals surface area contributed by atoms with Gasteiger partial charge in [-0.3, -0.25) is 4.79 Å². The van der Waals surface area contributed by atoms with Crippen LogP contribution in [0.25, 0.3) is 0 Å². The number of benzene rings is 1. The van der Waals surface area contributed by atoms with Crippen LogP contribution in [-0.4, -0.2) is 36.8 Å². The second-order valence-electron chi connectivity index (χ2n) is 4.96. The molecule has 1 unspecified atom stereocenters. The minimum absolute atomic E-state index is 0.00967. The SMILES string of the molecule is COc1ccc(CNC(=O)CC2CCCO2)cc1C(=O)O. The van der Waals surface area contributed by atoms with Crippen molar-refractivity contribution < 1.29 is 24.2 Å². The number of carbonyl (C=O) groups excluding carboxylic acids is 1. The summed E-state index contributed by atoms with van der Waals surface area (Å²) in [6.07, 6.45) is 2.27. The molecule has 114 valence electrons. The third-order valence-corrected chi connectivity index (χ3v) is 3.42. The van der Waals surface area contributed by atoms with E-state index < -0.39 is 5.97 Å². The maximum atomic E-state index is 11.8. The number of hydrogen-bond acceptors (Lipinski definition) is 4. The molecule has 21 heavy (non-hydrogen) atoms. The molecule has 1 fully saturated rings. The lowest BCUT2D eigenvalue weighted by molar-refractivity contribution is -0.123. The maximum absolute atomic E-state index is 11.8. The third kappa shape index (κ3) is 4.19. The van der Waals surface area contributed by atoms with Crippen LogP contribution in [0.3, 0.4) is 0 Å². The zero-order valence-electron chi connectivity index (χ0n) is 11.9. The van der Waals surface area contributed by atoms with Crippen LogP contribution in [0.1, 0.15) is 35.2 Å². The zero-order valence-corrected chi connectivity index (χ0v) is 11.9. The van der Waals surface area contributed by atoms with Crippen LogP contribution >= 0.6 is 0 Å². The van der Waals surface area contributed by atoms with E-state index in [4.69, 9.17) is 14.6 Å². The van der Waals surface area contributed by atoms with E-state index in [2.05, 4.69) is 5.32 Å². The number of aromatic carboxylic acids is 1. The number of carboxylic acids is 1. The minimum atomic E-state index is -1.06. The van der Waals surface area contributed by atoms with E-state index in [9.17, 15) is 9.59 Å². The first-order chi connectivity index (χ1) is 10.1. The number of carbonyl (C=O) groups is 2. The first kappa shape index (κ1) is 15.3. The summed E-state index contributed by atoms with van der Waals surface area (Å²) in [5, 5.41) is 11.9. The van der Waals surface area contributed by atoms with E-state index in [-0.39, 0.29) is 24.1 Å². The van der Waals surface area contributed by atoms with E-state index >= 15 is 0 Å². The molecule has 0 bridgehead atoms. The number of rotatable bonds is 6. The Morgan fingerprint density at radius 1 is 1.48 bits per heavy atom. The standard InChI is InChI=1S/C15H19NO5/c1-20-13-5-4-10(7-12(13)15(18)19)9-16-14(17)8-11-3-2-6-21-11/h4-5,7,11H,2-3,6,8-9H2,1H3,(H,16,17)(H,18,19). The quantitative estimate of drug-likeness (QED) is 0.831. The molecule has 1 aliphatic heterocycles. The Balaban J connectivity index is 1.91. The average molecular weight is 293 g/mol. The first-order valence-electron chi connectivity index (χ1n) is 6.88. The molecule has 2 N–H and O–H groups in total. The number of carboxylic acid groups (broad SMARTS) is 1. The maximum Gasteiger partial charge on any atom is 0.339 e. The van der Waals surface area contributed by atoms with Gasteiger partial charge in [-0.2, -0.15) is 0 Å². The van der Waals surface area contributed by atoms with Gasteiger partial charge in [0.25, 0.3) is 0 Å². The van der Waals surface area contributed by atoms with Gasteiger partial charge in [-0.05, 0) is 30.5 Å². The number of hydrogen-bond donors (Lipinski definition) is 2. The highest BCUT2D eigenvalue weighted by molar-refractivity contribution is 5.91. The van der Waals surface area contributed by atoms with Crippen molar-refractivity contribution in [3.63, 3.8) is 0 Å². The van der Waals surface area contributed by atoms with Crippen LogP contribution in [0.2, 0.25) is 0 Å². The van der Waals surface area contributed by atoms with Gasteiger partial charge in [0.1, 0.15) is 11.3 Å². The molecule has 0 radical (unpaired) electrons. The van der Waals surface area contributed by atoms with Crippen LogP contribution in [0.4, 0.5) is 0 Å². The van der Waals surface area contributed by atoms with Crippen molar-refractivity contribution in [1.29, 1.82) is 0 Å². The van der Waals surface area contributed by atoms with E-state index in [1.807, 2.05) is 0 Å². The molecule has 1 saturated heterocycles. The van der Waals surface area contributed by atoms with Crippen LogP contribution in [0.15, 0.2) is 18.2 Å². The lowest BCUT2D eigenvalue weighted by Gasteiger charge is -2.11. The third-order valence-electron chi connectivity index (χ3n) is 3.42. The molecule has 1 atom stereocenters. The summed E-state index contributed by atoms with van der Waals surface area (Å²) in [4.78, 5) is 22.9. The Labute approximate surface area is 123 Å². The summed E-state index contributed by atoms with van der Waals surface area (Å²) in [6.45, 7) is 1.01. The molecule has 2 rings (SSSR count). The highest BCUT2D eigenvalue weighted by atomic mass is 16.5. The Bertz CT molecular complexity index is 523. The molecule has 6 heteroatoms. The molecule has 1 aromatic rings. The van der Waals surface area contributed by atoms with Crippen molar-refractivity contribution in [3.8, 4) is 5.75 Å². The first-order valence-corrected chi connectivity index (χ1v) is 6.88. The van der Waals surface area contributed by atoms with Crippen molar-refractivity contribution in [3.05, 3.63) is 29.3 Å². The summed E-state index contributed by atoms with van der Waals surface area (Å²) in [6, 6.07) is 4.83. The lowest BCUT2D eigenvalue weighted by atomic mass is 10.1.